The number of nitrogens with two attached hydrogens (primary N) is 2. The largest absolute Gasteiger partial charge is 0.396 e. The molecule has 2 rings (SSSR count). The molecule has 24 heavy (non-hydrogen) atoms. The first-order valence-electron chi connectivity index (χ1n) is 8.31. The average Bonchev–Trinajstić information content (AvgIpc) is 2.53. The first kappa shape index (κ1) is 18.3. The van der Waals surface area contributed by atoms with Crippen molar-refractivity contribution in [3.05, 3.63) is 23.3 Å². The summed E-state index contributed by atoms with van der Waals surface area (Å²) in [4.78, 5) is 9.02. The van der Waals surface area contributed by atoms with Crippen LogP contribution in [0.4, 0.5) is 17.2 Å². The third-order valence-electron chi connectivity index (χ3n) is 4.31. The molecule has 0 atom stereocenters. The van der Waals surface area contributed by atoms with Crippen molar-refractivity contribution in [2.75, 3.05) is 65.1 Å². The van der Waals surface area contributed by atoms with Gasteiger partial charge in [0.1, 0.15) is 0 Å². The molecule has 0 bridgehead atoms. The van der Waals surface area contributed by atoms with E-state index in [0.29, 0.717) is 17.2 Å². The van der Waals surface area contributed by atoms with E-state index < -0.39 is 0 Å². The van der Waals surface area contributed by atoms with E-state index in [-0.39, 0.29) is 0 Å². The number of fused-ring (bicyclic) bond motifs is 1. The predicted molar refractivity (Wildman–Crippen MR) is 105 cm³/mol. The van der Waals surface area contributed by atoms with Crippen molar-refractivity contribution in [1.29, 1.82) is 0 Å². The second kappa shape index (κ2) is 7.68. The molecule has 6 nitrogen and oxygen atoms in total. The Kier molecular flexibility index (Phi) is 5.85. The van der Waals surface area contributed by atoms with Crippen molar-refractivity contribution >= 4 is 28.1 Å². The maximum Gasteiger partial charge on any atom is 0.151 e. The fourth-order valence-corrected chi connectivity index (χ4v) is 2.91. The Bertz CT molecular complexity index is 708. The zero-order valence-corrected chi connectivity index (χ0v) is 15.5. The highest BCUT2D eigenvalue weighted by molar-refractivity contribution is 6.02. The van der Waals surface area contributed by atoms with E-state index in [0.717, 1.165) is 36.8 Å². The molecule has 0 aliphatic heterocycles. The summed E-state index contributed by atoms with van der Waals surface area (Å²) in [6.45, 7) is 1.96. The fourth-order valence-electron chi connectivity index (χ4n) is 2.91. The Balaban J connectivity index is 2.60. The quantitative estimate of drug-likeness (QED) is 0.716. The van der Waals surface area contributed by atoms with E-state index in [1.54, 1.807) is 0 Å². The van der Waals surface area contributed by atoms with Gasteiger partial charge in [-0.1, -0.05) is 6.07 Å². The molecule has 0 unspecified atom stereocenters. The second-order valence-electron chi connectivity index (χ2n) is 6.74. The van der Waals surface area contributed by atoms with Gasteiger partial charge < -0.3 is 26.6 Å². The summed E-state index contributed by atoms with van der Waals surface area (Å²) in [5.41, 5.74) is 17.2. The van der Waals surface area contributed by atoms with Crippen molar-refractivity contribution in [3.8, 4) is 0 Å². The minimum Gasteiger partial charge on any atom is -0.396 e. The van der Waals surface area contributed by atoms with Gasteiger partial charge in [0.15, 0.2) is 5.82 Å². The van der Waals surface area contributed by atoms with Crippen LogP contribution in [0.1, 0.15) is 11.1 Å². The first-order chi connectivity index (χ1) is 11.3. The SMILES string of the molecule is CNc1nc2ccc(CCN(C)C)c(CCN(C)C)c2c(N)c1N. The molecular weight excluding hydrogens is 300 g/mol. The summed E-state index contributed by atoms with van der Waals surface area (Å²) in [6, 6.07) is 4.23. The molecule has 1 aromatic carbocycles. The van der Waals surface area contributed by atoms with Crippen molar-refractivity contribution in [2.45, 2.75) is 12.8 Å². The molecule has 5 N–H and O–H groups in total. The number of nitrogens with one attached hydrogen (secondary N) is 1. The maximum absolute atomic E-state index is 6.40. The van der Waals surface area contributed by atoms with Crippen LogP contribution in [0.15, 0.2) is 12.1 Å². The van der Waals surface area contributed by atoms with Gasteiger partial charge in [-0.3, -0.25) is 0 Å². The number of likely N-dealkylation sites (N-methyl/N-ethyl adjacent to an activating group) is 2. The number of hydrogen-bond donors (Lipinski definition) is 3. The van der Waals surface area contributed by atoms with Gasteiger partial charge in [0, 0.05) is 25.5 Å². The van der Waals surface area contributed by atoms with Crippen LogP contribution < -0.4 is 16.8 Å². The van der Waals surface area contributed by atoms with Crippen molar-refractivity contribution in [1.82, 2.24) is 14.8 Å². The fraction of sp³-hybridized carbons (Fsp3) is 0.500. The highest BCUT2D eigenvalue weighted by Crippen LogP contribution is 2.35. The minimum absolute atomic E-state index is 0.529. The number of rotatable bonds is 7. The Hall–Kier alpha value is -2.05. The Morgan fingerprint density at radius 1 is 0.958 bits per heavy atom. The smallest absolute Gasteiger partial charge is 0.151 e. The van der Waals surface area contributed by atoms with Gasteiger partial charge in [-0.25, -0.2) is 4.98 Å². The lowest BCUT2D eigenvalue weighted by atomic mass is 9.95. The molecular formula is C18H30N6. The monoisotopic (exact) mass is 330 g/mol. The Labute approximate surface area is 144 Å². The molecule has 1 aromatic heterocycles. The van der Waals surface area contributed by atoms with Gasteiger partial charge in [-0.2, -0.15) is 0 Å². The molecule has 132 valence electrons. The standard InChI is InChI=1S/C18H30N6/c1-21-18-17(20)16(19)15-13(9-11-24(4)5)12(8-10-23(2)3)6-7-14(15)22-18/h6-7H,8-11,20H2,1-5H3,(H3,19,21,22). The second-order valence-corrected chi connectivity index (χ2v) is 6.74. The van der Waals surface area contributed by atoms with Gasteiger partial charge in [-0.05, 0) is 58.2 Å². The number of nitrogen functional groups attached to an aromatic ring is 2. The average molecular weight is 330 g/mol. The van der Waals surface area contributed by atoms with Gasteiger partial charge in [0.25, 0.3) is 0 Å². The third-order valence-corrected chi connectivity index (χ3v) is 4.31. The predicted octanol–water partition coefficient (Wildman–Crippen LogP) is 1.65. The van der Waals surface area contributed by atoms with E-state index in [4.69, 9.17) is 11.5 Å². The lowest BCUT2D eigenvalue weighted by Gasteiger charge is -2.19. The molecule has 0 spiro atoms. The molecule has 0 amide bonds. The van der Waals surface area contributed by atoms with E-state index in [2.05, 4.69) is 60.4 Å². The van der Waals surface area contributed by atoms with Crippen LogP contribution in [0, 0.1) is 0 Å². The molecule has 2 aromatic rings. The number of nitrogens with zero attached hydrogens (tertiary/aromatic N) is 3. The molecule has 0 saturated heterocycles. The third kappa shape index (κ3) is 3.88. The van der Waals surface area contributed by atoms with Crippen LogP contribution in [0.25, 0.3) is 10.9 Å². The maximum atomic E-state index is 6.40. The molecule has 6 heteroatoms. The summed E-state index contributed by atoms with van der Waals surface area (Å²) in [6.07, 6.45) is 1.91. The first-order valence-corrected chi connectivity index (χ1v) is 8.31. The van der Waals surface area contributed by atoms with Crippen LogP contribution in [0.5, 0.6) is 0 Å². The van der Waals surface area contributed by atoms with Gasteiger partial charge in [0.2, 0.25) is 0 Å². The lowest BCUT2D eigenvalue weighted by Crippen LogP contribution is -2.19. The summed E-state index contributed by atoms with van der Waals surface area (Å²) in [7, 11) is 10.2. The molecule has 0 fully saturated rings. The minimum atomic E-state index is 0.529. The van der Waals surface area contributed by atoms with Gasteiger partial charge in [0.05, 0.1) is 16.9 Å². The Morgan fingerprint density at radius 3 is 2.17 bits per heavy atom. The van der Waals surface area contributed by atoms with Crippen LogP contribution in [-0.2, 0) is 12.8 Å². The van der Waals surface area contributed by atoms with Crippen LogP contribution >= 0.6 is 0 Å². The number of anilines is 3. The number of benzene rings is 1. The highest BCUT2D eigenvalue weighted by Gasteiger charge is 2.16. The number of aromatic nitrogens is 1. The van der Waals surface area contributed by atoms with Crippen molar-refractivity contribution in [2.24, 2.45) is 0 Å². The van der Waals surface area contributed by atoms with Crippen LogP contribution in [0.2, 0.25) is 0 Å². The number of hydrogen-bond acceptors (Lipinski definition) is 6. The lowest BCUT2D eigenvalue weighted by molar-refractivity contribution is 0.407. The Morgan fingerprint density at radius 2 is 1.58 bits per heavy atom. The normalized spacial score (nSPS) is 11.6. The van der Waals surface area contributed by atoms with Crippen LogP contribution in [-0.4, -0.2) is 63.1 Å². The van der Waals surface area contributed by atoms with Gasteiger partial charge >= 0.3 is 0 Å². The van der Waals surface area contributed by atoms with Crippen molar-refractivity contribution < 1.29 is 0 Å². The van der Waals surface area contributed by atoms with Crippen LogP contribution in [0.3, 0.4) is 0 Å². The van der Waals surface area contributed by atoms with E-state index in [9.17, 15) is 0 Å². The van der Waals surface area contributed by atoms with Crippen molar-refractivity contribution in [3.63, 3.8) is 0 Å². The summed E-state index contributed by atoms with van der Waals surface area (Å²) in [5, 5.41) is 4.03. The zero-order chi connectivity index (χ0) is 17.9. The summed E-state index contributed by atoms with van der Waals surface area (Å²) < 4.78 is 0. The number of pyridine rings is 1. The van der Waals surface area contributed by atoms with E-state index in [1.807, 2.05) is 7.05 Å². The molecule has 1 heterocycles. The summed E-state index contributed by atoms with van der Waals surface area (Å²) in [5.74, 6) is 0.639. The molecule has 0 radical (unpaired) electrons. The zero-order valence-electron chi connectivity index (χ0n) is 15.5. The highest BCUT2D eigenvalue weighted by atomic mass is 15.1. The topological polar surface area (TPSA) is 83.4 Å². The molecule has 0 aliphatic carbocycles. The summed E-state index contributed by atoms with van der Waals surface area (Å²) >= 11 is 0. The van der Waals surface area contributed by atoms with E-state index in [1.165, 1.54) is 11.1 Å². The van der Waals surface area contributed by atoms with Gasteiger partial charge in [-0.15, -0.1) is 0 Å². The molecule has 0 aliphatic rings. The van der Waals surface area contributed by atoms with E-state index >= 15 is 0 Å². The molecule has 0 saturated carbocycles.